The van der Waals surface area contributed by atoms with Gasteiger partial charge in [-0.15, -0.1) is 0 Å². The van der Waals surface area contributed by atoms with Gasteiger partial charge in [-0.05, 0) is 58.9 Å². The Hall–Kier alpha value is -0.890. The van der Waals surface area contributed by atoms with Gasteiger partial charge in [0, 0.05) is 21.2 Å². The van der Waals surface area contributed by atoms with Gasteiger partial charge in [0.25, 0.3) is 10.0 Å². The number of rotatable bonds is 5. The van der Waals surface area contributed by atoms with E-state index in [1.807, 2.05) is 19.2 Å². The highest BCUT2D eigenvalue weighted by Crippen LogP contribution is 2.27. The summed E-state index contributed by atoms with van der Waals surface area (Å²) in [5, 5.41) is 3.03. The van der Waals surface area contributed by atoms with Crippen molar-refractivity contribution in [2.75, 3.05) is 11.8 Å². The number of hydrogen-bond acceptors (Lipinski definition) is 3. The normalized spacial score (nSPS) is 11.4. The molecule has 0 atom stereocenters. The maximum absolute atomic E-state index is 12.4. The first kappa shape index (κ1) is 16.5. The van der Waals surface area contributed by atoms with E-state index in [2.05, 4.69) is 41.9 Å². The summed E-state index contributed by atoms with van der Waals surface area (Å²) >= 11 is 6.58. The molecule has 0 aliphatic carbocycles. The van der Waals surface area contributed by atoms with Crippen molar-refractivity contribution in [3.8, 4) is 0 Å². The fraction of sp³-hybridized carbons (Fsp3) is 0.143. The van der Waals surface area contributed by atoms with Crippen molar-refractivity contribution in [3.63, 3.8) is 0 Å². The summed E-state index contributed by atoms with van der Waals surface area (Å²) in [5.41, 5.74) is 1.55. The molecule has 0 aliphatic heterocycles. The van der Waals surface area contributed by atoms with Crippen LogP contribution in [0.5, 0.6) is 0 Å². The van der Waals surface area contributed by atoms with Crippen LogP contribution >= 0.6 is 31.9 Å². The predicted octanol–water partition coefficient (Wildman–Crippen LogP) is 3.73. The highest BCUT2D eigenvalue weighted by molar-refractivity contribution is 9.11. The molecule has 0 fully saturated rings. The number of hydrogen-bond donors (Lipinski definition) is 2. The molecule has 4 nitrogen and oxygen atoms in total. The lowest BCUT2D eigenvalue weighted by Gasteiger charge is -2.11. The number of anilines is 1. The topological polar surface area (TPSA) is 58.2 Å². The number of halogens is 2. The zero-order chi connectivity index (χ0) is 15.5. The smallest absolute Gasteiger partial charge is 0.263 e. The van der Waals surface area contributed by atoms with Gasteiger partial charge in [-0.25, -0.2) is 8.42 Å². The van der Waals surface area contributed by atoms with Gasteiger partial charge in [-0.1, -0.05) is 28.1 Å². The van der Waals surface area contributed by atoms with Crippen LogP contribution in [-0.4, -0.2) is 15.5 Å². The van der Waals surface area contributed by atoms with E-state index in [9.17, 15) is 8.42 Å². The molecule has 7 heteroatoms. The van der Waals surface area contributed by atoms with E-state index in [0.717, 1.165) is 10.0 Å². The van der Waals surface area contributed by atoms with Crippen LogP contribution in [0.15, 0.2) is 56.3 Å². The molecular formula is C14H14Br2N2O2S. The van der Waals surface area contributed by atoms with Crippen molar-refractivity contribution in [3.05, 3.63) is 57.0 Å². The van der Waals surface area contributed by atoms with Gasteiger partial charge in [-0.3, -0.25) is 4.72 Å². The van der Waals surface area contributed by atoms with Crippen molar-refractivity contribution in [2.24, 2.45) is 0 Å². The third kappa shape index (κ3) is 4.29. The van der Waals surface area contributed by atoms with Crippen molar-refractivity contribution in [1.82, 2.24) is 5.32 Å². The van der Waals surface area contributed by atoms with E-state index in [-0.39, 0.29) is 4.90 Å². The first-order valence-corrected chi connectivity index (χ1v) is 9.21. The maximum atomic E-state index is 12.4. The number of sulfonamides is 1. The number of nitrogens with one attached hydrogen (secondary N) is 2. The fourth-order valence-corrected chi connectivity index (χ4v) is 4.65. The van der Waals surface area contributed by atoms with Crippen molar-refractivity contribution < 1.29 is 8.42 Å². The zero-order valence-electron chi connectivity index (χ0n) is 11.2. The summed E-state index contributed by atoms with van der Waals surface area (Å²) in [5.74, 6) is 0. The molecule has 0 amide bonds. The number of benzene rings is 2. The Bertz CT molecular complexity index is 748. The third-order valence-corrected chi connectivity index (χ3v) is 5.59. The molecule has 0 radical (unpaired) electrons. The molecule has 0 aromatic heterocycles. The van der Waals surface area contributed by atoms with Crippen LogP contribution < -0.4 is 10.0 Å². The van der Waals surface area contributed by atoms with Crippen molar-refractivity contribution in [2.45, 2.75) is 11.4 Å². The summed E-state index contributed by atoms with van der Waals surface area (Å²) in [6.45, 7) is 0.678. The molecule has 2 aromatic carbocycles. The molecule has 2 rings (SSSR count). The summed E-state index contributed by atoms with van der Waals surface area (Å²) in [6.07, 6.45) is 0. The Balaban J connectivity index is 2.31. The van der Waals surface area contributed by atoms with E-state index < -0.39 is 10.0 Å². The van der Waals surface area contributed by atoms with Crippen LogP contribution in [-0.2, 0) is 16.6 Å². The van der Waals surface area contributed by atoms with Gasteiger partial charge < -0.3 is 5.32 Å². The molecule has 0 unspecified atom stereocenters. The molecule has 0 saturated heterocycles. The van der Waals surface area contributed by atoms with Gasteiger partial charge >= 0.3 is 0 Å². The minimum absolute atomic E-state index is 0.199. The largest absolute Gasteiger partial charge is 0.316 e. The Morgan fingerprint density at radius 3 is 2.52 bits per heavy atom. The lowest BCUT2D eigenvalue weighted by atomic mass is 10.2. The van der Waals surface area contributed by atoms with Crippen LogP contribution in [0.1, 0.15) is 5.56 Å². The summed E-state index contributed by atoms with van der Waals surface area (Å²) < 4.78 is 28.8. The predicted molar refractivity (Wildman–Crippen MR) is 91.9 cm³/mol. The van der Waals surface area contributed by atoms with Gasteiger partial charge in [0.1, 0.15) is 4.90 Å². The molecule has 112 valence electrons. The molecule has 2 aromatic rings. The molecule has 2 N–H and O–H groups in total. The fourth-order valence-electron chi connectivity index (χ4n) is 1.85. The second-order valence-corrected chi connectivity index (χ2v) is 7.83. The van der Waals surface area contributed by atoms with Gasteiger partial charge in [0.2, 0.25) is 0 Å². The Labute approximate surface area is 141 Å². The van der Waals surface area contributed by atoms with E-state index >= 15 is 0 Å². The van der Waals surface area contributed by atoms with Gasteiger partial charge in [0.05, 0.1) is 0 Å². The Morgan fingerprint density at radius 1 is 1.10 bits per heavy atom. The SMILES string of the molecule is CNCc1cccc(NS(=O)(=O)c2ccc(Br)cc2Br)c1. The summed E-state index contributed by atoms with van der Waals surface area (Å²) in [6, 6.07) is 12.2. The Kier molecular flexibility index (Phi) is 5.43. The maximum Gasteiger partial charge on any atom is 0.263 e. The van der Waals surface area contributed by atoms with Crippen molar-refractivity contribution >= 4 is 47.6 Å². The summed E-state index contributed by atoms with van der Waals surface area (Å²) in [7, 11) is -1.79. The molecular weight excluding hydrogens is 420 g/mol. The lowest BCUT2D eigenvalue weighted by Crippen LogP contribution is -2.14. The van der Waals surface area contributed by atoms with E-state index in [4.69, 9.17) is 0 Å². The van der Waals surface area contributed by atoms with E-state index in [1.54, 1.807) is 30.3 Å². The Morgan fingerprint density at radius 2 is 1.86 bits per heavy atom. The average molecular weight is 434 g/mol. The molecule has 0 spiro atoms. The zero-order valence-corrected chi connectivity index (χ0v) is 15.2. The van der Waals surface area contributed by atoms with Crippen LogP contribution in [0.25, 0.3) is 0 Å². The molecule has 0 heterocycles. The second kappa shape index (κ2) is 6.91. The lowest BCUT2D eigenvalue weighted by molar-refractivity contribution is 0.600. The van der Waals surface area contributed by atoms with Gasteiger partial charge in [0.15, 0.2) is 0 Å². The molecule has 0 saturated carbocycles. The van der Waals surface area contributed by atoms with Gasteiger partial charge in [-0.2, -0.15) is 0 Å². The minimum Gasteiger partial charge on any atom is -0.316 e. The highest BCUT2D eigenvalue weighted by atomic mass is 79.9. The molecule has 0 aliphatic rings. The quantitative estimate of drug-likeness (QED) is 0.755. The van der Waals surface area contributed by atoms with E-state index in [0.29, 0.717) is 16.7 Å². The first-order valence-electron chi connectivity index (χ1n) is 6.14. The molecule has 21 heavy (non-hydrogen) atoms. The second-order valence-electron chi connectivity index (χ2n) is 4.41. The minimum atomic E-state index is -3.63. The van der Waals surface area contributed by atoms with Crippen LogP contribution in [0.4, 0.5) is 5.69 Å². The van der Waals surface area contributed by atoms with E-state index in [1.165, 1.54) is 0 Å². The first-order chi connectivity index (χ1) is 9.92. The van der Waals surface area contributed by atoms with Crippen LogP contribution in [0.3, 0.4) is 0 Å². The highest BCUT2D eigenvalue weighted by Gasteiger charge is 2.17. The summed E-state index contributed by atoms with van der Waals surface area (Å²) in [4.78, 5) is 0.199. The van der Waals surface area contributed by atoms with Crippen LogP contribution in [0, 0.1) is 0 Å². The monoisotopic (exact) mass is 432 g/mol. The van der Waals surface area contributed by atoms with Crippen molar-refractivity contribution in [1.29, 1.82) is 0 Å². The van der Waals surface area contributed by atoms with Crippen LogP contribution in [0.2, 0.25) is 0 Å². The molecule has 0 bridgehead atoms. The average Bonchev–Trinajstić information content (AvgIpc) is 2.38. The third-order valence-electron chi connectivity index (χ3n) is 2.74. The standard InChI is InChI=1S/C14H14Br2N2O2S/c1-17-9-10-3-2-4-12(7-10)18-21(19,20)14-6-5-11(15)8-13(14)16/h2-8,17-18H,9H2,1H3.